The van der Waals surface area contributed by atoms with Crippen molar-refractivity contribution in [2.75, 3.05) is 0 Å². The summed E-state index contributed by atoms with van der Waals surface area (Å²) in [6, 6.07) is 24.3. The van der Waals surface area contributed by atoms with Crippen LogP contribution >= 0.6 is 15.9 Å². The summed E-state index contributed by atoms with van der Waals surface area (Å²) in [5.41, 5.74) is 2.01. The summed E-state index contributed by atoms with van der Waals surface area (Å²) < 4.78 is 13.0. The van der Waals surface area contributed by atoms with Crippen molar-refractivity contribution in [1.29, 1.82) is 0 Å². The summed E-state index contributed by atoms with van der Waals surface area (Å²) >= 11 is 3.41. The third-order valence-corrected chi connectivity index (χ3v) is 4.50. The van der Waals surface area contributed by atoms with Gasteiger partial charge in [-0.1, -0.05) is 58.4 Å². The van der Waals surface area contributed by atoms with Gasteiger partial charge in [-0.15, -0.1) is 0 Å². The number of hydrogen-bond donors (Lipinski definition) is 0. The summed E-state index contributed by atoms with van der Waals surface area (Å²) in [6.45, 7) is 0. The van der Waals surface area contributed by atoms with Crippen LogP contribution in [0, 0.1) is 0 Å². The molecule has 1 heterocycles. The van der Waals surface area contributed by atoms with Crippen molar-refractivity contribution in [1.82, 2.24) is 0 Å². The summed E-state index contributed by atoms with van der Waals surface area (Å²) in [5, 5.41) is 0. The average molecular weight is 381 g/mol. The minimum atomic E-state index is -1.28. The molecule has 0 unspecified atom stereocenters. The number of benzene rings is 3. The normalized spacial score (nSPS) is 18.8. The van der Waals surface area contributed by atoms with E-state index < -0.39 is 5.79 Å². The number of ether oxygens (including phenoxy) is 2. The molecule has 0 fully saturated rings. The molecule has 3 aromatic carbocycles. The number of halogens is 1. The van der Waals surface area contributed by atoms with Crippen molar-refractivity contribution in [3.8, 4) is 5.75 Å². The van der Waals surface area contributed by atoms with Crippen LogP contribution in [0.1, 0.15) is 21.5 Å². The average Bonchev–Trinajstić information content (AvgIpc) is 2.91. The monoisotopic (exact) mass is 380 g/mol. The number of hydrogen-bond acceptors (Lipinski definition) is 3. The molecule has 0 saturated heterocycles. The van der Waals surface area contributed by atoms with E-state index in [0.29, 0.717) is 16.9 Å². The Morgan fingerprint density at radius 1 is 0.833 bits per heavy atom. The predicted octanol–water partition coefficient (Wildman–Crippen LogP) is 4.90. The molecule has 3 nitrogen and oxygen atoms in total. The van der Waals surface area contributed by atoms with E-state index in [2.05, 4.69) is 15.9 Å². The molecular formula is C20H13BrO3. The zero-order valence-electron chi connectivity index (χ0n) is 12.6. The lowest BCUT2D eigenvalue weighted by Crippen LogP contribution is -2.34. The molecule has 118 valence electrons. The first-order valence-electron chi connectivity index (χ1n) is 7.52. The maximum atomic E-state index is 12.4. The molecule has 1 atom stereocenters. The van der Waals surface area contributed by atoms with Crippen molar-refractivity contribution in [3.63, 3.8) is 0 Å². The van der Waals surface area contributed by atoms with E-state index in [-0.39, 0.29) is 5.97 Å². The topological polar surface area (TPSA) is 35.5 Å². The molecule has 3 aromatic rings. The molecule has 0 spiro atoms. The van der Waals surface area contributed by atoms with Crippen molar-refractivity contribution < 1.29 is 14.3 Å². The van der Waals surface area contributed by atoms with E-state index in [1.807, 2.05) is 72.8 Å². The third-order valence-electron chi connectivity index (χ3n) is 3.97. The van der Waals surface area contributed by atoms with Crippen LogP contribution in [0.5, 0.6) is 5.75 Å². The van der Waals surface area contributed by atoms with Crippen LogP contribution in [-0.2, 0) is 10.5 Å². The van der Waals surface area contributed by atoms with Gasteiger partial charge >= 0.3 is 11.8 Å². The van der Waals surface area contributed by atoms with Gasteiger partial charge in [-0.05, 0) is 36.4 Å². The van der Waals surface area contributed by atoms with Crippen molar-refractivity contribution in [2.24, 2.45) is 0 Å². The van der Waals surface area contributed by atoms with Gasteiger partial charge in [0.05, 0.1) is 11.1 Å². The maximum absolute atomic E-state index is 12.4. The lowest BCUT2D eigenvalue weighted by Gasteiger charge is -2.30. The van der Waals surface area contributed by atoms with Crippen LogP contribution in [0.4, 0.5) is 0 Å². The van der Waals surface area contributed by atoms with E-state index in [9.17, 15) is 4.79 Å². The summed E-state index contributed by atoms with van der Waals surface area (Å²) in [5.74, 6) is -1.04. The largest absolute Gasteiger partial charge is 0.444 e. The van der Waals surface area contributed by atoms with Crippen LogP contribution in [0.2, 0.25) is 0 Å². The fraction of sp³-hybridized carbons (Fsp3) is 0.0500. The molecular weight excluding hydrogens is 368 g/mol. The number of carbonyl (C=O) groups excluding carboxylic acids is 1. The third kappa shape index (κ3) is 2.39. The predicted molar refractivity (Wildman–Crippen MR) is 93.8 cm³/mol. The minimum Gasteiger partial charge on any atom is -0.444 e. The van der Waals surface area contributed by atoms with Gasteiger partial charge < -0.3 is 9.47 Å². The standard InChI is InChI=1S/C20H13BrO3/c21-15-10-12-16(13-11-15)23-20(14-6-2-1-3-7-14)18-9-5-4-8-17(18)19(22)24-20/h1-13H/t20-/m0/s1. The van der Waals surface area contributed by atoms with Gasteiger partial charge in [0, 0.05) is 10.0 Å². The molecule has 0 amide bonds. The molecule has 0 bridgehead atoms. The maximum Gasteiger partial charge on any atom is 0.342 e. The Kier molecular flexibility index (Phi) is 3.62. The Balaban J connectivity index is 1.89. The summed E-state index contributed by atoms with van der Waals surface area (Å²) in [4.78, 5) is 12.4. The quantitative estimate of drug-likeness (QED) is 0.606. The molecule has 24 heavy (non-hydrogen) atoms. The fourth-order valence-electron chi connectivity index (χ4n) is 2.86. The highest BCUT2D eigenvalue weighted by Gasteiger charge is 2.49. The van der Waals surface area contributed by atoms with E-state index in [1.165, 1.54) is 0 Å². The van der Waals surface area contributed by atoms with Crippen LogP contribution in [-0.4, -0.2) is 5.97 Å². The molecule has 4 rings (SSSR count). The first kappa shape index (κ1) is 15.0. The first-order chi connectivity index (χ1) is 11.7. The molecule has 0 saturated carbocycles. The van der Waals surface area contributed by atoms with Crippen LogP contribution < -0.4 is 4.74 Å². The number of esters is 1. The van der Waals surface area contributed by atoms with Gasteiger partial charge in [0.25, 0.3) is 0 Å². The first-order valence-corrected chi connectivity index (χ1v) is 8.31. The van der Waals surface area contributed by atoms with Gasteiger partial charge in [-0.3, -0.25) is 0 Å². The fourth-order valence-corrected chi connectivity index (χ4v) is 3.13. The second-order valence-electron chi connectivity index (χ2n) is 5.47. The lowest BCUT2D eigenvalue weighted by atomic mass is 9.95. The molecule has 1 aliphatic rings. The SMILES string of the molecule is O=C1O[C@@](Oc2ccc(Br)cc2)(c2ccccc2)c2ccccc21. The molecule has 0 aliphatic carbocycles. The Morgan fingerprint density at radius 3 is 2.25 bits per heavy atom. The number of fused-ring (bicyclic) bond motifs is 1. The summed E-state index contributed by atoms with van der Waals surface area (Å²) in [6.07, 6.45) is 0. The Bertz CT molecular complexity index is 890. The highest BCUT2D eigenvalue weighted by atomic mass is 79.9. The lowest BCUT2D eigenvalue weighted by molar-refractivity contribution is -0.108. The molecule has 0 aromatic heterocycles. The highest BCUT2D eigenvalue weighted by Crippen LogP contribution is 2.43. The Hall–Kier alpha value is -2.59. The molecule has 0 radical (unpaired) electrons. The number of cyclic esters (lactones) is 1. The van der Waals surface area contributed by atoms with Crippen molar-refractivity contribution >= 4 is 21.9 Å². The van der Waals surface area contributed by atoms with Gasteiger partial charge in [-0.25, -0.2) is 4.79 Å². The highest BCUT2D eigenvalue weighted by molar-refractivity contribution is 9.10. The summed E-state index contributed by atoms with van der Waals surface area (Å²) in [7, 11) is 0. The Labute approximate surface area is 148 Å². The molecule has 4 heteroatoms. The van der Waals surface area contributed by atoms with Gasteiger partial charge in [0.1, 0.15) is 5.75 Å². The van der Waals surface area contributed by atoms with E-state index in [0.717, 1.165) is 10.0 Å². The zero-order valence-corrected chi connectivity index (χ0v) is 14.2. The van der Waals surface area contributed by atoms with Crippen molar-refractivity contribution in [3.05, 3.63) is 100 Å². The van der Waals surface area contributed by atoms with E-state index in [4.69, 9.17) is 9.47 Å². The van der Waals surface area contributed by atoms with Crippen LogP contribution in [0.25, 0.3) is 0 Å². The van der Waals surface area contributed by atoms with E-state index in [1.54, 1.807) is 6.07 Å². The second kappa shape index (κ2) is 5.80. The zero-order chi connectivity index (χ0) is 16.6. The number of rotatable bonds is 3. The van der Waals surface area contributed by atoms with Crippen molar-refractivity contribution in [2.45, 2.75) is 5.79 Å². The molecule has 0 N–H and O–H groups in total. The second-order valence-corrected chi connectivity index (χ2v) is 6.39. The van der Waals surface area contributed by atoms with Gasteiger partial charge in [0.15, 0.2) is 0 Å². The van der Waals surface area contributed by atoms with Gasteiger partial charge in [0.2, 0.25) is 0 Å². The molecule has 1 aliphatic heterocycles. The smallest absolute Gasteiger partial charge is 0.342 e. The van der Waals surface area contributed by atoms with Gasteiger partial charge in [-0.2, -0.15) is 0 Å². The number of carbonyl (C=O) groups is 1. The van der Waals surface area contributed by atoms with E-state index >= 15 is 0 Å². The van der Waals surface area contributed by atoms with Crippen LogP contribution in [0.15, 0.2) is 83.3 Å². The van der Waals surface area contributed by atoms with Crippen LogP contribution in [0.3, 0.4) is 0 Å². The minimum absolute atomic E-state index is 0.383. The Morgan fingerprint density at radius 2 is 1.50 bits per heavy atom.